The van der Waals surface area contributed by atoms with Gasteiger partial charge in [-0.05, 0) is 55.5 Å². The molecular formula is C29H26N4O5. The number of aromatic nitrogens is 3. The summed E-state index contributed by atoms with van der Waals surface area (Å²) in [5.41, 5.74) is 2.18. The Hall–Kier alpha value is -5.05. The molecule has 2 aromatic heterocycles. The SMILES string of the molecule is COc1cc2nccc(Oc3ccc(NC(=O)c4c(C)n(C)n(-c5ccccc5)c4=O)cc3)c2cc1OC. The number of fused-ring (bicyclic) bond motifs is 1. The molecule has 9 nitrogen and oxygen atoms in total. The lowest BCUT2D eigenvalue weighted by atomic mass is 10.2. The van der Waals surface area contributed by atoms with Gasteiger partial charge in [0.15, 0.2) is 11.5 Å². The maximum absolute atomic E-state index is 13.1. The number of benzene rings is 3. The van der Waals surface area contributed by atoms with E-state index in [0.29, 0.717) is 45.6 Å². The predicted octanol–water partition coefficient (Wildman–Crippen LogP) is 5.09. The van der Waals surface area contributed by atoms with E-state index in [2.05, 4.69) is 10.3 Å². The lowest BCUT2D eigenvalue weighted by molar-refractivity contribution is 0.102. The first kappa shape index (κ1) is 24.6. The third-order valence-electron chi connectivity index (χ3n) is 6.33. The number of methoxy groups -OCH3 is 2. The van der Waals surface area contributed by atoms with Gasteiger partial charge in [0.1, 0.15) is 17.1 Å². The van der Waals surface area contributed by atoms with E-state index in [0.717, 1.165) is 5.39 Å². The third-order valence-corrected chi connectivity index (χ3v) is 6.33. The minimum absolute atomic E-state index is 0.0873. The fourth-order valence-corrected chi connectivity index (χ4v) is 4.29. The van der Waals surface area contributed by atoms with Crippen molar-refractivity contribution in [2.75, 3.05) is 19.5 Å². The van der Waals surface area contributed by atoms with Crippen LogP contribution in [0.4, 0.5) is 5.69 Å². The highest BCUT2D eigenvalue weighted by molar-refractivity contribution is 6.05. The summed E-state index contributed by atoms with van der Waals surface area (Å²) in [6, 6.07) is 21.5. The molecule has 38 heavy (non-hydrogen) atoms. The van der Waals surface area contributed by atoms with Crippen LogP contribution in [0.3, 0.4) is 0 Å². The van der Waals surface area contributed by atoms with Gasteiger partial charge in [0.05, 0.1) is 31.1 Å². The van der Waals surface area contributed by atoms with Gasteiger partial charge in [0, 0.05) is 30.4 Å². The second-order valence-electron chi connectivity index (χ2n) is 8.55. The third kappa shape index (κ3) is 4.45. The number of ether oxygens (including phenoxy) is 3. The molecule has 3 aromatic carbocycles. The van der Waals surface area contributed by atoms with Crippen molar-refractivity contribution >= 4 is 22.5 Å². The van der Waals surface area contributed by atoms with Crippen LogP contribution in [0.1, 0.15) is 16.1 Å². The van der Waals surface area contributed by atoms with E-state index >= 15 is 0 Å². The number of nitrogens with one attached hydrogen (secondary N) is 1. The standard InChI is InChI=1S/C29H26N4O5/c1-18-27(29(35)33(32(18)2)20-8-6-5-7-9-20)28(34)31-19-10-12-21(13-11-19)38-24-14-15-30-23-17-26(37-4)25(36-3)16-22(23)24/h5-17H,1-4H3,(H,31,34). The van der Waals surface area contributed by atoms with E-state index in [-0.39, 0.29) is 11.1 Å². The maximum Gasteiger partial charge on any atom is 0.284 e. The average Bonchev–Trinajstić information content (AvgIpc) is 3.16. The zero-order valence-corrected chi connectivity index (χ0v) is 21.4. The summed E-state index contributed by atoms with van der Waals surface area (Å²) in [4.78, 5) is 30.6. The van der Waals surface area contributed by atoms with Gasteiger partial charge >= 0.3 is 0 Å². The zero-order chi connectivity index (χ0) is 26.8. The van der Waals surface area contributed by atoms with Crippen LogP contribution >= 0.6 is 0 Å². The molecule has 5 aromatic rings. The number of nitrogens with zero attached hydrogens (tertiary/aromatic N) is 3. The van der Waals surface area contributed by atoms with Crippen LogP contribution in [0.15, 0.2) is 83.8 Å². The molecule has 0 aliphatic heterocycles. The molecule has 0 unspecified atom stereocenters. The Kier molecular flexibility index (Phi) is 6.57. The maximum atomic E-state index is 13.1. The fourth-order valence-electron chi connectivity index (χ4n) is 4.29. The Morgan fingerprint density at radius 1 is 0.895 bits per heavy atom. The van der Waals surface area contributed by atoms with Crippen molar-refractivity contribution in [2.45, 2.75) is 6.92 Å². The zero-order valence-electron chi connectivity index (χ0n) is 21.4. The highest BCUT2D eigenvalue weighted by Gasteiger charge is 2.22. The number of rotatable bonds is 7. The summed E-state index contributed by atoms with van der Waals surface area (Å²) in [7, 11) is 4.89. The molecule has 2 heterocycles. The molecule has 0 aliphatic rings. The molecule has 0 fully saturated rings. The molecule has 1 N–H and O–H groups in total. The highest BCUT2D eigenvalue weighted by Crippen LogP contribution is 2.37. The van der Waals surface area contributed by atoms with Crippen LogP contribution in [-0.2, 0) is 7.05 Å². The smallest absolute Gasteiger partial charge is 0.284 e. The summed E-state index contributed by atoms with van der Waals surface area (Å²) in [6.07, 6.45) is 1.66. The van der Waals surface area contributed by atoms with Gasteiger partial charge in [-0.15, -0.1) is 0 Å². The summed E-state index contributed by atoms with van der Waals surface area (Å²) in [5, 5.41) is 3.58. The van der Waals surface area contributed by atoms with E-state index in [1.807, 2.05) is 36.4 Å². The van der Waals surface area contributed by atoms with Crippen LogP contribution in [0.25, 0.3) is 16.6 Å². The first-order chi connectivity index (χ1) is 18.4. The lowest BCUT2D eigenvalue weighted by Crippen LogP contribution is -2.25. The van der Waals surface area contributed by atoms with E-state index in [9.17, 15) is 9.59 Å². The number of hydrogen-bond donors (Lipinski definition) is 1. The Morgan fingerprint density at radius 3 is 2.26 bits per heavy atom. The Balaban J connectivity index is 1.37. The van der Waals surface area contributed by atoms with Crippen molar-refractivity contribution < 1.29 is 19.0 Å². The average molecular weight is 511 g/mol. The van der Waals surface area contributed by atoms with Crippen LogP contribution in [0.2, 0.25) is 0 Å². The summed E-state index contributed by atoms with van der Waals surface area (Å²) >= 11 is 0. The van der Waals surface area contributed by atoms with Crippen LogP contribution in [0, 0.1) is 6.92 Å². The number of amides is 1. The Bertz CT molecular complexity index is 1690. The highest BCUT2D eigenvalue weighted by atomic mass is 16.5. The van der Waals surface area contributed by atoms with Crippen molar-refractivity contribution in [3.05, 3.63) is 101 Å². The molecule has 1 amide bonds. The molecule has 9 heteroatoms. The molecule has 0 saturated heterocycles. The Morgan fingerprint density at radius 2 is 1.58 bits per heavy atom. The van der Waals surface area contributed by atoms with E-state index in [1.54, 1.807) is 75.5 Å². The van der Waals surface area contributed by atoms with Gasteiger partial charge in [-0.1, -0.05) is 18.2 Å². The topological polar surface area (TPSA) is 96.6 Å². The minimum atomic E-state index is -0.479. The predicted molar refractivity (Wildman–Crippen MR) is 145 cm³/mol. The molecule has 5 rings (SSSR count). The van der Waals surface area contributed by atoms with Crippen molar-refractivity contribution in [2.24, 2.45) is 7.05 Å². The minimum Gasteiger partial charge on any atom is -0.493 e. The first-order valence-corrected chi connectivity index (χ1v) is 11.8. The number of carbonyl (C=O) groups excluding carboxylic acids is 1. The molecule has 0 radical (unpaired) electrons. The molecule has 0 bridgehead atoms. The van der Waals surface area contributed by atoms with Gasteiger partial charge in [0.25, 0.3) is 11.5 Å². The molecule has 0 spiro atoms. The van der Waals surface area contributed by atoms with Gasteiger partial charge in [-0.2, -0.15) is 0 Å². The van der Waals surface area contributed by atoms with E-state index in [4.69, 9.17) is 14.2 Å². The first-order valence-electron chi connectivity index (χ1n) is 11.8. The van der Waals surface area contributed by atoms with E-state index < -0.39 is 5.91 Å². The van der Waals surface area contributed by atoms with E-state index in [1.165, 1.54) is 4.68 Å². The van der Waals surface area contributed by atoms with Crippen molar-refractivity contribution in [3.8, 4) is 28.7 Å². The molecule has 0 aliphatic carbocycles. The van der Waals surface area contributed by atoms with Crippen molar-refractivity contribution in [1.82, 2.24) is 14.3 Å². The van der Waals surface area contributed by atoms with Crippen LogP contribution in [0.5, 0.6) is 23.0 Å². The molecule has 0 atom stereocenters. The second-order valence-corrected chi connectivity index (χ2v) is 8.55. The quantitative estimate of drug-likeness (QED) is 0.328. The number of pyridine rings is 1. The Labute approximate surface area is 218 Å². The monoisotopic (exact) mass is 510 g/mol. The molecular weight excluding hydrogens is 484 g/mol. The van der Waals surface area contributed by atoms with Gasteiger partial charge in [-0.3, -0.25) is 19.3 Å². The second kappa shape index (κ2) is 10.1. The van der Waals surface area contributed by atoms with Crippen LogP contribution < -0.4 is 25.1 Å². The van der Waals surface area contributed by atoms with Gasteiger partial charge in [0.2, 0.25) is 0 Å². The van der Waals surface area contributed by atoms with Crippen molar-refractivity contribution in [1.29, 1.82) is 0 Å². The summed E-state index contributed by atoms with van der Waals surface area (Å²) in [5.74, 6) is 1.82. The van der Waals surface area contributed by atoms with Gasteiger partial charge in [-0.25, -0.2) is 4.68 Å². The summed E-state index contributed by atoms with van der Waals surface area (Å²) in [6.45, 7) is 1.75. The van der Waals surface area contributed by atoms with Crippen molar-refractivity contribution in [3.63, 3.8) is 0 Å². The number of hydrogen-bond acceptors (Lipinski definition) is 6. The van der Waals surface area contributed by atoms with Crippen LogP contribution in [-0.4, -0.2) is 34.5 Å². The largest absolute Gasteiger partial charge is 0.493 e. The molecule has 0 saturated carbocycles. The fraction of sp³-hybridized carbons (Fsp3) is 0.138. The number of para-hydroxylation sites is 1. The van der Waals surface area contributed by atoms with Gasteiger partial charge < -0.3 is 19.5 Å². The summed E-state index contributed by atoms with van der Waals surface area (Å²) < 4.78 is 20.0. The number of carbonyl (C=O) groups is 1. The normalized spacial score (nSPS) is 10.8. The molecule has 192 valence electrons. The lowest BCUT2D eigenvalue weighted by Gasteiger charge is -2.12. The number of anilines is 1.